The van der Waals surface area contributed by atoms with E-state index < -0.39 is 0 Å². The van der Waals surface area contributed by atoms with E-state index in [9.17, 15) is 0 Å². The van der Waals surface area contributed by atoms with Gasteiger partial charge in [-0.25, -0.2) is 0 Å². The summed E-state index contributed by atoms with van der Waals surface area (Å²) in [5, 5.41) is 13.0. The number of benzene rings is 2. The predicted molar refractivity (Wildman–Crippen MR) is 90.1 cm³/mol. The second-order valence-corrected chi connectivity index (χ2v) is 4.97. The van der Waals surface area contributed by atoms with Crippen LogP contribution < -0.4 is 5.43 Å². The highest BCUT2D eigenvalue weighted by atomic mass is 35.5. The third kappa shape index (κ3) is 3.48. The van der Waals surface area contributed by atoms with E-state index in [1.165, 1.54) is 0 Å². The van der Waals surface area contributed by atoms with Crippen molar-refractivity contribution in [3.8, 4) is 11.3 Å². The monoisotopic (exact) mass is 308 g/mol. The number of hydrogen-bond donors (Lipinski definition) is 1. The smallest absolute Gasteiger partial charge is 0.168 e. The van der Waals surface area contributed by atoms with E-state index in [2.05, 4.69) is 20.7 Å². The van der Waals surface area contributed by atoms with Gasteiger partial charge in [0, 0.05) is 16.1 Å². The van der Waals surface area contributed by atoms with Gasteiger partial charge in [0.25, 0.3) is 0 Å². The van der Waals surface area contributed by atoms with Gasteiger partial charge in [0.15, 0.2) is 5.82 Å². The van der Waals surface area contributed by atoms with E-state index in [1.54, 1.807) is 6.21 Å². The highest BCUT2D eigenvalue weighted by Crippen LogP contribution is 2.16. The number of hydrogen-bond acceptors (Lipinski definition) is 4. The minimum atomic E-state index is 0.572. The molecule has 1 N–H and O–H groups in total. The lowest BCUT2D eigenvalue weighted by Crippen LogP contribution is -1.96. The molecule has 108 valence electrons. The molecule has 0 aliphatic carbocycles. The molecule has 4 nitrogen and oxygen atoms in total. The van der Waals surface area contributed by atoms with E-state index in [0.29, 0.717) is 10.8 Å². The zero-order valence-corrected chi connectivity index (χ0v) is 12.4. The summed E-state index contributed by atoms with van der Waals surface area (Å²) in [6.07, 6.45) is 1.65. The molecule has 22 heavy (non-hydrogen) atoms. The van der Waals surface area contributed by atoms with Crippen LogP contribution in [0.4, 0.5) is 5.82 Å². The van der Waals surface area contributed by atoms with E-state index >= 15 is 0 Å². The molecule has 0 saturated heterocycles. The van der Waals surface area contributed by atoms with Crippen molar-refractivity contribution in [3.63, 3.8) is 0 Å². The number of nitrogens with one attached hydrogen (secondary N) is 1. The molecule has 2 aromatic carbocycles. The minimum absolute atomic E-state index is 0.572. The van der Waals surface area contributed by atoms with Crippen LogP contribution in [0, 0.1) is 0 Å². The van der Waals surface area contributed by atoms with E-state index in [-0.39, 0.29) is 0 Å². The average Bonchev–Trinajstić information content (AvgIpc) is 2.58. The second kappa shape index (κ2) is 6.83. The Labute approximate surface area is 133 Å². The fraction of sp³-hybridized carbons (Fsp3) is 0. The first-order valence-electron chi connectivity index (χ1n) is 6.76. The predicted octanol–water partition coefficient (Wildman–Crippen LogP) is 4.24. The first kappa shape index (κ1) is 14.2. The minimum Gasteiger partial charge on any atom is -0.260 e. The van der Waals surface area contributed by atoms with Gasteiger partial charge in [-0.3, -0.25) is 5.43 Å². The van der Waals surface area contributed by atoms with Gasteiger partial charge in [-0.15, -0.1) is 10.2 Å². The first-order valence-corrected chi connectivity index (χ1v) is 7.13. The maximum absolute atomic E-state index is 6.05. The van der Waals surface area contributed by atoms with Crippen LogP contribution in [0.5, 0.6) is 0 Å². The van der Waals surface area contributed by atoms with Crippen molar-refractivity contribution in [1.29, 1.82) is 0 Å². The fourth-order valence-electron chi connectivity index (χ4n) is 1.90. The summed E-state index contributed by atoms with van der Waals surface area (Å²) in [4.78, 5) is 0. The van der Waals surface area contributed by atoms with Crippen LogP contribution in [0.15, 0.2) is 71.8 Å². The van der Waals surface area contributed by atoms with Crippen molar-refractivity contribution < 1.29 is 0 Å². The largest absolute Gasteiger partial charge is 0.260 e. The Kier molecular flexibility index (Phi) is 4.41. The van der Waals surface area contributed by atoms with Crippen molar-refractivity contribution in [3.05, 3.63) is 77.3 Å². The van der Waals surface area contributed by atoms with Crippen LogP contribution in [0.1, 0.15) is 5.56 Å². The molecule has 0 spiro atoms. The Bertz CT molecular complexity index is 770. The molecular formula is C17H13ClN4. The lowest BCUT2D eigenvalue weighted by atomic mass is 10.1. The van der Waals surface area contributed by atoms with E-state index in [1.807, 2.05) is 66.7 Å². The van der Waals surface area contributed by atoms with Gasteiger partial charge in [-0.05, 0) is 18.2 Å². The summed E-state index contributed by atoms with van der Waals surface area (Å²) in [5.41, 5.74) is 5.52. The summed E-state index contributed by atoms with van der Waals surface area (Å²) in [7, 11) is 0. The Balaban J connectivity index is 1.68. The first-order chi connectivity index (χ1) is 10.8. The molecular weight excluding hydrogens is 296 g/mol. The van der Waals surface area contributed by atoms with Crippen molar-refractivity contribution in [1.82, 2.24) is 10.2 Å². The molecule has 0 bridgehead atoms. The zero-order valence-electron chi connectivity index (χ0n) is 11.6. The van der Waals surface area contributed by atoms with Crippen molar-refractivity contribution in [2.24, 2.45) is 5.10 Å². The highest BCUT2D eigenvalue weighted by molar-refractivity contribution is 6.33. The molecule has 3 rings (SSSR count). The van der Waals surface area contributed by atoms with Gasteiger partial charge in [0.1, 0.15) is 0 Å². The maximum Gasteiger partial charge on any atom is 0.168 e. The Morgan fingerprint density at radius 1 is 0.864 bits per heavy atom. The standard InChI is InChI=1S/C17H13ClN4/c18-15-9-5-4-8-14(15)12-19-21-17-11-10-16(20-22-17)13-6-2-1-3-7-13/h1-12H,(H,21,22)/b19-12+. The van der Waals surface area contributed by atoms with Gasteiger partial charge in [-0.2, -0.15) is 5.10 Å². The fourth-order valence-corrected chi connectivity index (χ4v) is 2.09. The van der Waals surface area contributed by atoms with Crippen molar-refractivity contribution in [2.45, 2.75) is 0 Å². The number of nitrogens with zero attached hydrogens (tertiary/aromatic N) is 3. The molecule has 0 aliphatic rings. The Morgan fingerprint density at radius 3 is 2.36 bits per heavy atom. The average molecular weight is 309 g/mol. The van der Waals surface area contributed by atoms with Crippen LogP contribution in [0.3, 0.4) is 0 Å². The molecule has 5 heteroatoms. The van der Waals surface area contributed by atoms with E-state index in [4.69, 9.17) is 11.6 Å². The molecule has 0 amide bonds. The van der Waals surface area contributed by atoms with Crippen LogP contribution in [0.25, 0.3) is 11.3 Å². The van der Waals surface area contributed by atoms with E-state index in [0.717, 1.165) is 16.8 Å². The quantitative estimate of drug-likeness (QED) is 0.579. The number of aromatic nitrogens is 2. The third-order valence-electron chi connectivity index (χ3n) is 3.02. The molecule has 0 unspecified atom stereocenters. The van der Waals surface area contributed by atoms with Crippen molar-refractivity contribution in [2.75, 3.05) is 5.43 Å². The number of hydrazone groups is 1. The lowest BCUT2D eigenvalue weighted by Gasteiger charge is -2.02. The van der Waals surface area contributed by atoms with Crippen LogP contribution in [0.2, 0.25) is 5.02 Å². The SMILES string of the molecule is Clc1ccccc1/C=N/Nc1ccc(-c2ccccc2)nn1. The van der Waals surface area contributed by atoms with Crippen molar-refractivity contribution >= 4 is 23.6 Å². The van der Waals surface area contributed by atoms with Crippen LogP contribution in [-0.4, -0.2) is 16.4 Å². The lowest BCUT2D eigenvalue weighted by molar-refractivity contribution is 1.03. The van der Waals surface area contributed by atoms with Crippen LogP contribution in [-0.2, 0) is 0 Å². The Morgan fingerprint density at radius 2 is 1.64 bits per heavy atom. The molecule has 0 radical (unpaired) electrons. The molecule has 0 fully saturated rings. The summed E-state index contributed by atoms with van der Waals surface area (Å²) in [6.45, 7) is 0. The maximum atomic E-state index is 6.05. The third-order valence-corrected chi connectivity index (χ3v) is 3.37. The summed E-state index contributed by atoms with van der Waals surface area (Å²) in [5.74, 6) is 0.572. The number of anilines is 1. The summed E-state index contributed by atoms with van der Waals surface area (Å²) < 4.78 is 0. The second-order valence-electron chi connectivity index (χ2n) is 4.56. The normalized spacial score (nSPS) is 10.8. The van der Waals surface area contributed by atoms with Gasteiger partial charge in [0.05, 0.1) is 11.9 Å². The van der Waals surface area contributed by atoms with Gasteiger partial charge < -0.3 is 0 Å². The summed E-state index contributed by atoms with van der Waals surface area (Å²) >= 11 is 6.05. The summed E-state index contributed by atoms with van der Waals surface area (Å²) in [6, 6.07) is 21.1. The molecule has 0 atom stereocenters. The van der Waals surface area contributed by atoms with Gasteiger partial charge in [-0.1, -0.05) is 60.1 Å². The topological polar surface area (TPSA) is 50.2 Å². The molecule has 3 aromatic rings. The molecule has 0 saturated carbocycles. The number of rotatable bonds is 4. The van der Waals surface area contributed by atoms with Gasteiger partial charge >= 0.3 is 0 Å². The zero-order chi connectivity index (χ0) is 15.2. The highest BCUT2D eigenvalue weighted by Gasteiger charge is 1.99. The van der Waals surface area contributed by atoms with Crippen LogP contribution >= 0.6 is 11.6 Å². The molecule has 1 heterocycles. The molecule has 0 aliphatic heterocycles. The Hall–Kier alpha value is -2.72. The van der Waals surface area contributed by atoms with Gasteiger partial charge in [0.2, 0.25) is 0 Å². The number of halogens is 1. The molecule has 1 aromatic heterocycles.